The second-order valence-corrected chi connectivity index (χ2v) is 4.45. The first-order valence-corrected chi connectivity index (χ1v) is 5.25. The van der Waals surface area contributed by atoms with Crippen molar-refractivity contribution in [2.24, 2.45) is 11.7 Å². The molecule has 5 heteroatoms. The van der Waals surface area contributed by atoms with Crippen molar-refractivity contribution in [3.05, 3.63) is 29.7 Å². The SMILES string of the molecule is C=C1C(N)C2CN(c3cc(Cl)ncn3)C12. The van der Waals surface area contributed by atoms with Crippen molar-refractivity contribution in [3.63, 3.8) is 0 Å². The molecule has 2 heterocycles. The molecule has 0 spiro atoms. The highest BCUT2D eigenvalue weighted by atomic mass is 35.5. The minimum Gasteiger partial charge on any atom is -0.349 e. The van der Waals surface area contributed by atoms with Gasteiger partial charge in [-0.1, -0.05) is 18.2 Å². The Labute approximate surface area is 92.8 Å². The van der Waals surface area contributed by atoms with Gasteiger partial charge in [-0.15, -0.1) is 0 Å². The molecule has 3 atom stereocenters. The van der Waals surface area contributed by atoms with Crippen molar-refractivity contribution >= 4 is 17.4 Å². The van der Waals surface area contributed by atoms with Crippen LogP contribution in [0, 0.1) is 5.92 Å². The summed E-state index contributed by atoms with van der Waals surface area (Å²) in [5, 5.41) is 0.470. The van der Waals surface area contributed by atoms with Crippen LogP contribution in [0.3, 0.4) is 0 Å². The Morgan fingerprint density at radius 1 is 1.53 bits per heavy atom. The topological polar surface area (TPSA) is 55.0 Å². The Hall–Kier alpha value is -1.13. The van der Waals surface area contributed by atoms with Crippen LogP contribution < -0.4 is 10.6 Å². The van der Waals surface area contributed by atoms with E-state index in [2.05, 4.69) is 21.4 Å². The Bertz CT molecular complexity index is 433. The normalized spacial score (nSPS) is 33.1. The second-order valence-electron chi connectivity index (χ2n) is 4.06. The predicted octanol–water partition coefficient (Wildman–Crippen LogP) is 0.832. The van der Waals surface area contributed by atoms with E-state index in [1.165, 1.54) is 6.33 Å². The van der Waals surface area contributed by atoms with Crippen LogP contribution in [0.15, 0.2) is 24.5 Å². The number of aromatic nitrogens is 2. The molecule has 1 saturated carbocycles. The molecule has 3 rings (SSSR count). The molecule has 1 saturated heterocycles. The summed E-state index contributed by atoms with van der Waals surface area (Å²) in [6, 6.07) is 2.31. The van der Waals surface area contributed by atoms with Gasteiger partial charge in [-0.2, -0.15) is 0 Å². The highest BCUT2D eigenvalue weighted by Gasteiger charge is 2.54. The molecule has 1 aliphatic heterocycles. The van der Waals surface area contributed by atoms with Gasteiger partial charge in [0, 0.05) is 24.6 Å². The molecule has 2 fully saturated rings. The molecule has 1 aromatic heterocycles. The third-order valence-corrected chi connectivity index (χ3v) is 3.54. The number of hydrogen-bond acceptors (Lipinski definition) is 4. The molecule has 0 radical (unpaired) electrons. The van der Waals surface area contributed by atoms with Gasteiger partial charge < -0.3 is 10.6 Å². The molecular weight excluding hydrogens is 212 g/mol. The Morgan fingerprint density at radius 2 is 2.33 bits per heavy atom. The smallest absolute Gasteiger partial charge is 0.134 e. The summed E-state index contributed by atoms with van der Waals surface area (Å²) < 4.78 is 0. The minimum absolute atomic E-state index is 0.170. The first kappa shape index (κ1) is 9.12. The summed E-state index contributed by atoms with van der Waals surface area (Å²) in [7, 11) is 0. The monoisotopic (exact) mass is 222 g/mol. The van der Waals surface area contributed by atoms with Crippen LogP contribution in [0.4, 0.5) is 5.82 Å². The number of hydrogen-bond donors (Lipinski definition) is 1. The van der Waals surface area contributed by atoms with E-state index in [1.54, 1.807) is 6.07 Å². The van der Waals surface area contributed by atoms with Crippen LogP contribution in [-0.4, -0.2) is 28.6 Å². The third-order valence-electron chi connectivity index (χ3n) is 3.33. The summed E-state index contributed by atoms with van der Waals surface area (Å²) in [5.74, 6) is 1.41. The van der Waals surface area contributed by atoms with Crippen LogP contribution in [-0.2, 0) is 0 Å². The van der Waals surface area contributed by atoms with Gasteiger partial charge in [0.2, 0.25) is 0 Å². The Morgan fingerprint density at radius 3 is 3.00 bits per heavy atom. The van der Waals surface area contributed by atoms with Gasteiger partial charge in [0.25, 0.3) is 0 Å². The number of anilines is 1. The zero-order valence-electron chi connectivity index (χ0n) is 8.10. The molecule has 0 aromatic carbocycles. The quantitative estimate of drug-likeness (QED) is 0.565. The third kappa shape index (κ3) is 1.12. The molecule has 2 aliphatic rings. The van der Waals surface area contributed by atoms with Gasteiger partial charge in [0.1, 0.15) is 17.3 Å². The second kappa shape index (κ2) is 2.93. The Kier molecular flexibility index (Phi) is 1.78. The van der Waals surface area contributed by atoms with Crippen LogP contribution in [0.1, 0.15) is 0 Å². The lowest BCUT2D eigenvalue weighted by molar-refractivity contribution is 0.204. The molecule has 2 N–H and O–H groups in total. The summed E-state index contributed by atoms with van der Waals surface area (Å²) in [4.78, 5) is 10.2. The van der Waals surface area contributed by atoms with Crippen LogP contribution in [0.5, 0.6) is 0 Å². The number of nitrogens with zero attached hydrogens (tertiary/aromatic N) is 3. The maximum atomic E-state index is 5.89. The van der Waals surface area contributed by atoms with Crippen LogP contribution in [0.25, 0.3) is 0 Å². The van der Waals surface area contributed by atoms with Gasteiger partial charge in [-0.3, -0.25) is 0 Å². The van der Waals surface area contributed by atoms with Crippen molar-refractivity contribution in [1.29, 1.82) is 0 Å². The lowest BCUT2D eigenvalue weighted by Gasteiger charge is -2.61. The van der Waals surface area contributed by atoms with Crippen LogP contribution in [0.2, 0.25) is 5.15 Å². The van der Waals surface area contributed by atoms with E-state index in [0.29, 0.717) is 17.1 Å². The number of fused-ring (bicyclic) bond motifs is 1. The first-order chi connectivity index (χ1) is 7.18. The first-order valence-electron chi connectivity index (χ1n) is 4.87. The molecule has 15 heavy (non-hydrogen) atoms. The van der Waals surface area contributed by atoms with Gasteiger partial charge in [0.05, 0.1) is 6.04 Å². The highest BCUT2D eigenvalue weighted by Crippen LogP contribution is 2.45. The lowest BCUT2D eigenvalue weighted by Crippen LogP contribution is -2.73. The molecule has 1 aromatic rings. The van der Waals surface area contributed by atoms with Crippen molar-refractivity contribution in [2.45, 2.75) is 12.1 Å². The zero-order chi connectivity index (χ0) is 10.6. The fourth-order valence-corrected chi connectivity index (χ4v) is 2.53. The van der Waals surface area contributed by atoms with E-state index in [9.17, 15) is 0 Å². The minimum atomic E-state index is 0.170. The Balaban J connectivity index is 1.84. The molecule has 4 nitrogen and oxygen atoms in total. The number of nitrogens with two attached hydrogens (primary N) is 1. The fourth-order valence-electron chi connectivity index (χ4n) is 2.39. The summed E-state index contributed by atoms with van der Waals surface area (Å²) in [6.45, 7) is 4.92. The lowest BCUT2D eigenvalue weighted by atomic mass is 9.64. The van der Waals surface area contributed by atoms with Crippen molar-refractivity contribution in [2.75, 3.05) is 11.4 Å². The van der Waals surface area contributed by atoms with Gasteiger partial charge in [-0.05, 0) is 5.57 Å². The number of piperidine rings is 1. The molecule has 1 aliphatic carbocycles. The predicted molar refractivity (Wildman–Crippen MR) is 58.8 cm³/mol. The van der Waals surface area contributed by atoms with Crippen molar-refractivity contribution < 1.29 is 0 Å². The average Bonchev–Trinajstić information content (AvgIpc) is 2.16. The average molecular weight is 223 g/mol. The van der Waals surface area contributed by atoms with E-state index in [-0.39, 0.29) is 6.04 Å². The van der Waals surface area contributed by atoms with Crippen molar-refractivity contribution in [1.82, 2.24) is 9.97 Å². The van der Waals surface area contributed by atoms with Gasteiger partial charge in [0.15, 0.2) is 0 Å². The standard InChI is InChI=1S/C10H11ClN4/c1-5-9(12)6-3-15(10(5)6)8-2-7(11)13-4-14-8/h2,4,6,9-10H,1,3,12H2. The molecule has 78 valence electrons. The van der Waals surface area contributed by atoms with Gasteiger partial charge in [-0.25, -0.2) is 9.97 Å². The molecule has 3 unspecified atom stereocenters. The van der Waals surface area contributed by atoms with Crippen molar-refractivity contribution in [3.8, 4) is 0 Å². The summed E-state index contributed by atoms with van der Waals surface area (Å²) in [5.41, 5.74) is 6.99. The van der Waals surface area contributed by atoms with E-state index < -0.39 is 0 Å². The van der Waals surface area contributed by atoms with E-state index in [4.69, 9.17) is 17.3 Å². The fraction of sp³-hybridized carbons (Fsp3) is 0.400. The van der Waals surface area contributed by atoms with Gasteiger partial charge >= 0.3 is 0 Å². The zero-order valence-corrected chi connectivity index (χ0v) is 8.85. The van der Waals surface area contributed by atoms with E-state index in [1.807, 2.05) is 0 Å². The highest BCUT2D eigenvalue weighted by molar-refractivity contribution is 6.29. The maximum absolute atomic E-state index is 5.89. The molecular formula is C10H11ClN4. The number of rotatable bonds is 1. The summed E-state index contributed by atoms with van der Waals surface area (Å²) in [6.07, 6.45) is 1.48. The number of halogens is 1. The summed E-state index contributed by atoms with van der Waals surface area (Å²) >= 11 is 5.81. The van der Waals surface area contributed by atoms with E-state index in [0.717, 1.165) is 17.9 Å². The van der Waals surface area contributed by atoms with E-state index >= 15 is 0 Å². The maximum Gasteiger partial charge on any atom is 0.134 e. The van der Waals surface area contributed by atoms with Crippen LogP contribution >= 0.6 is 11.6 Å². The molecule has 0 amide bonds. The molecule has 0 bridgehead atoms. The largest absolute Gasteiger partial charge is 0.349 e.